The van der Waals surface area contributed by atoms with Crippen LogP contribution in [0.15, 0.2) is 0 Å². The Bertz CT molecular complexity index is 362. The molecule has 0 bridgehead atoms. The van der Waals surface area contributed by atoms with Gasteiger partial charge in [0, 0.05) is 26.2 Å². The van der Waals surface area contributed by atoms with E-state index in [2.05, 4.69) is 5.32 Å². The van der Waals surface area contributed by atoms with Crippen molar-refractivity contribution in [1.29, 1.82) is 0 Å². The summed E-state index contributed by atoms with van der Waals surface area (Å²) in [4.78, 5) is 0. The van der Waals surface area contributed by atoms with Crippen molar-refractivity contribution < 1.29 is 13.2 Å². The monoisotopic (exact) mass is 290 g/mol. The molecule has 6 heteroatoms. The number of hydrogen-bond acceptors (Lipinski definition) is 4. The molecule has 112 valence electrons. The molecule has 0 spiro atoms. The third-order valence-corrected chi connectivity index (χ3v) is 5.86. The molecule has 1 aliphatic heterocycles. The van der Waals surface area contributed by atoms with Crippen molar-refractivity contribution in [1.82, 2.24) is 9.62 Å². The SMILES string of the molecule is CN(CCOCC1CC1)S(=O)(=O)CC1CCCCN1. The second-order valence-corrected chi connectivity index (χ2v) is 7.89. The first-order chi connectivity index (χ1) is 9.08. The first-order valence-electron chi connectivity index (χ1n) is 7.33. The van der Waals surface area contributed by atoms with Gasteiger partial charge < -0.3 is 10.1 Å². The maximum Gasteiger partial charge on any atom is 0.215 e. The number of ether oxygens (including phenoxy) is 1. The van der Waals surface area contributed by atoms with Gasteiger partial charge in [-0.15, -0.1) is 0 Å². The van der Waals surface area contributed by atoms with Gasteiger partial charge in [-0.3, -0.25) is 0 Å². The van der Waals surface area contributed by atoms with Crippen LogP contribution in [0.3, 0.4) is 0 Å². The molecule has 19 heavy (non-hydrogen) atoms. The third kappa shape index (κ3) is 5.38. The van der Waals surface area contributed by atoms with E-state index in [4.69, 9.17) is 4.74 Å². The highest BCUT2D eigenvalue weighted by Gasteiger charge is 2.25. The Labute approximate surface area is 116 Å². The first-order valence-corrected chi connectivity index (χ1v) is 8.94. The Morgan fingerprint density at radius 2 is 2.05 bits per heavy atom. The van der Waals surface area contributed by atoms with Crippen molar-refractivity contribution in [3.8, 4) is 0 Å². The van der Waals surface area contributed by atoms with E-state index < -0.39 is 10.0 Å². The van der Waals surface area contributed by atoms with Gasteiger partial charge in [0.1, 0.15) is 0 Å². The van der Waals surface area contributed by atoms with Crippen LogP contribution in [0.5, 0.6) is 0 Å². The molecule has 1 unspecified atom stereocenters. The Kier molecular flexibility index (Phi) is 5.62. The highest BCUT2D eigenvalue weighted by atomic mass is 32.2. The quantitative estimate of drug-likeness (QED) is 0.672. The predicted octanol–water partition coefficient (Wildman–Crippen LogP) is 0.817. The van der Waals surface area contributed by atoms with Gasteiger partial charge in [0.15, 0.2) is 0 Å². The number of sulfonamides is 1. The molecule has 1 saturated carbocycles. The van der Waals surface area contributed by atoms with Crippen molar-refractivity contribution in [2.24, 2.45) is 5.92 Å². The van der Waals surface area contributed by atoms with Crippen molar-refractivity contribution in [3.05, 3.63) is 0 Å². The molecule has 2 aliphatic rings. The fourth-order valence-electron chi connectivity index (χ4n) is 2.31. The summed E-state index contributed by atoms with van der Waals surface area (Å²) in [5.74, 6) is 0.944. The van der Waals surface area contributed by atoms with Gasteiger partial charge in [0.05, 0.1) is 12.4 Å². The second kappa shape index (κ2) is 7.02. The third-order valence-electron chi connectivity index (χ3n) is 3.90. The standard InChI is InChI=1S/C13H26N2O3S/c1-15(8-9-18-10-12-5-6-12)19(16,17)11-13-4-2-3-7-14-13/h12-14H,2-11H2,1H3. The van der Waals surface area contributed by atoms with Crippen LogP contribution >= 0.6 is 0 Å². The molecule has 0 aromatic carbocycles. The molecular formula is C13H26N2O3S. The molecule has 0 radical (unpaired) electrons. The topological polar surface area (TPSA) is 58.6 Å². The largest absolute Gasteiger partial charge is 0.380 e. The van der Waals surface area contributed by atoms with Crippen molar-refractivity contribution in [2.75, 3.05) is 39.1 Å². The number of nitrogens with zero attached hydrogens (tertiary/aromatic N) is 1. The lowest BCUT2D eigenvalue weighted by atomic mass is 10.1. The molecule has 0 aromatic rings. The zero-order valence-electron chi connectivity index (χ0n) is 11.8. The van der Waals surface area contributed by atoms with Gasteiger partial charge in [-0.1, -0.05) is 6.42 Å². The van der Waals surface area contributed by atoms with E-state index in [1.807, 2.05) is 0 Å². The Morgan fingerprint density at radius 1 is 1.26 bits per heavy atom. The van der Waals surface area contributed by atoms with Crippen molar-refractivity contribution >= 4 is 10.0 Å². The zero-order valence-corrected chi connectivity index (χ0v) is 12.6. The smallest absolute Gasteiger partial charge is 0.215 e. The van der Waals surface area contributed by atoms with E-state index in [-0.39, 0.29) is 11.8 Å². The van der Waals surface area contributed by atoms with Crippen LogP contribution in [0, 0.1) is 5.92 Å². The number of likely N-dealkylation sites (N-methyl/N-ethyl adjacent to an activating group) is 1. The fraction of sp³-hybridized carbons (Fsp3) is 1.00. The second-order valence-electron chi connectivity index (χ2n) is 5.77. The molecule has 1 saturated heterocycles. The summed E-state index contributed by atoms with van der Waals surface area (Å²) in [5, 5.41) is 3.28. The minimum absolute atomic E-state index is 0.119. The molecule has 2 rings (SSSR count). The highest BCUT2D eigenvalue weighted by molar-refractivity contribution is 7.89. The lowest BCUT2D eigenvalue weighted by Gasteiger charge is -2.25. The number of hydrogen-bond donors (Lipinski definition) is 1. The molecular weight excluding hydrogens is 264 g/mol. The molecule has 1 aliphatic carbocycles. The molecule has 0 amide bonds. The average Bonchev–Trinajstić information content (AvgIpc) is 3.19. The molecule has 1 atom stereocenters. The van der Waals surface area contributed by atoms with Crippen LogP contribution < -0.4 is 5.32 Å². The van der Waals surface area contributed by atoms with E-state index in [9.17, 15) is 8.42 Å². The van der Waals surface area contributed by atoms with Crippen LogP contribution in [0.25, 0.3) is 0 Å². The van der Waals surface area contributed by atoms with Crippen LogP contribution in [0.2, 0.25) is 0 Å². The lowest BCUT2D eigenvalue weighted by Crippen LogP contribution is -2.43. The maximum atomic E-state index is 12.2. The minimum atomic E-state index is -3.15. The molecule has 1 heterocycles. The van der Waals surface area contributed by atoms with Crippen LogP contribution in [-0.4, -0.2) is 57.9 Å². The number of rotatable bonds is 8. The summed E-state index contributed by atoms with van der Waals surface area (Å²) in [5.41, 5.74) is 0. The Hall–Kier alpha value is -0.170. The van der Waals surface area contributed by atoms with Crippen LogP contribution in [-0.2, 0) is 14.8 Å². The predicted molar refractivity (Wildman–Crippen MR) is 75.6 cm³/mol. The summed E-state index contributed by atoms with van der Waals surface area (Å²) in [7, 11) is -1.50. The van der Waals surface area contributed by atoms with Crippen molar-refractivity contribution in [3.63, 3.8) is 0 Å². The number of piperidine rings is 1. The van der Waals surface area contributed by atoms with Gasteiger partial charge in [-0.05, 0) is 38.1 Å². The van der Waals surface area contributed by atoms with E-state index in [0.29, 0.717) is 13.2 Å². The van der Waals surface area contributed by atoms with E-state index in [0.717, 1.165) is 38.3 Å². The minimum Gasteiger partial charge on any atom is -0.380 e. The van der Waals surface area contributed by atoms with E-state index in [1.54, 1.807) is 7.05 Å². The lowest BCUT2D eigenvalue weighted by molar-refractivity contribution is 0.117. The average molecular weight is 290 g/mol. The summed E-state index contributed by atoms with van der Waals surface area (Å²) in [6.07, 6.45) is 5.77. The summed E-state index contributed by atoms with van der Waals surface area (Å²) < 4.78 is 31.3. The fourth-order valence-corrected chi connectivity index (χ4v) is 3.71. The normalized spacial score (nSPS) is 24.8. The summed E-state index contributed by atoms with van der Waals surface area (Å²) >= 11 is 0. The Balaban J connectivity index is 1.67. The highest BCUT2D eigenvalue weighted by Crippen LogP contribution is 2.28. The van der Waals surface area contributed by atoms with Crippen LogP contribution in [0.4, 0.5) is 0 Å². The summed E-state index contributed by atoms with van der Waals surface area (Å²) in [6, 6.07) is 0.119. The van der Waals surface area contributed by atoms with Gasteiger partial charge in [-0.25, -0.2) is 12.7 Å². The maximum absolute atomic E-state index is 12.2. The molecule has 1 N–H and O–H groups in total. The first kappa shape index (κ1) is 15.2. The Morgan fingerprint density at radius 3 is 2.68 bits per heavy atom. The van der Waals surface area contributed by atoms with E-state index in [1.165, 1.54) is 17.1 Å². The molecule has 5 nitrogen and oxygen atoms in total. The molecule has 0 aromatic heterocycles. The van der Waals surface area contributed by atoms with Crippen LogP contribution in [0.1, 0.15) is 32.1 Å². The summed E-state index contributed by atoms with van der Waals surface area (Å²) in [6.45, 7) is 2.69. The molecule has 2 fully saturated rings. The van der Waals surface area contributed by atoms with Crippen molar-refractivity contribution in [2.45, 2.75) is 38.1 Å². The van der Waals surface area contributed by atoms with Gasteiger partial charge >= 0.3 is 0 Å². The van der Waals surface area contributed by atoms with Gasteiger partial charge in [0.2, 0.25) is 10.0 Å². The van der Waals surface area contributed by atoms with Gasteiger partial charge in [-0.2, -0.15) is 0 Å². The number of nitrogens with one attached hydrogen (secondary N) is 1. The zero-order chi connectivity index (χ0) is 13.7. The van der Waals surface area contributed by atoms with Gasteiger partial charge in [0.25, 0.3) is 0 Å². The van der Waals surface area contributed by atoms with E-state index >= 15 is 0 Å².